The maximum Gasteiger partial charge on any atom is 0.254 e. The number of pyridine rings is 1. The Morgan fingerprint density at radius 1 is 1.08 bits per heavy atom. The maximum atomic E-state index is 12.9. The van der Waals surface area contributed by atoms with Gasteiger partial charge >= 0.3 is 0 Å². The second-order valence-corrected chi connectivity index (χ2v) is 6.92. The predicted octanol–water partition coefficient (Wildman–Crippen LogP) is 2.36. The highest BCUT2D eigenvalue weighted by molar-refractivity contribution is 7.15. The third-order valence-electron chi connectivity index (χ3n) is 4.23. The zero-order valence-electron chi connectivity index (χ0n) is 13.3. The normalized spacial score (nSPS) is 15.0. The molecule has 1 saturated heterocycles. The van der Waals surface area contributed by atoms with Crippen molar-refractivity contribution < 1.29 is 4.79 Å². The van der Waals surface area contributed by atoms with Crippen molar-refractivity contribution in [2.45, 2.75) is 6.92 Å². The summed E-state index contributed by atoms with van der Waals surface area (Å²) in [5.74, 6) is 0.0710. The van der Waals surface area contributed by atoms with E-state index in [0.717, 1.165) is 39.7 Å². The van der Waals surface area contributed by atoms with Gasteiger partial charge in [0.15, 0.2) is 0 Å². The van der Waals surface area contributed by atoms with Gasteiger partial charge in [-0.3, -0.25) is 9.78 Å². The van der Waals surface area contributed by atoms with Crippen molar-refractivity contribution in [1.29, 1.82) is 0 Å². The molecule has 1 amide bonds. The molecule has 2 aromatic heterocycles. The van der Waals surface area contributed by atoms with E-state index in [-0.39, 0.29) is 5.91 Å². The monoisotopic (exact) mass is 339 g/mol. The van der Waals surface area contributed by atoms with Gasteiger partial charge in [-0.15, -0.1) is 10.2 Å². The predicted molar refractivity (Wildman–Crippen MR) is 94.5 cm³/mol. The molecule has 0 aliphatic carbocycles. The van der Waals surface area contributed by atoms with Gasteiger partial charge in [-0.05, 0) is 19.1 Å². The van der Waals surface area contributed by atoms with Crippen LogP contribution in [0.5, 0.6) is 0 Å². The van der Waals surface area contributed by atoms with Crippen molar-refractivity contribution in [2.24, 2.45) is 0 Å². The second kappa shape index (κ2) is 6.16. The number of para-hydroxylation sites is 1. The lowest BCUT2D eigenvalue weighted by molar-refractivity contribution is 0.0748. The summed E-state index contributed by atoms with van der Waals surface area (Å²) >= 11 is 1.59. The first-order valence-corrected chi connectivity index (χ1v) is 8.72. The quantitative estimate of drug-likeness (QED) is 0.717. The molecular formula is C17H17N5OS. The lowest BCUT2D eigenvalue weighted by Gasteiger charge is -2.34. The van der Waals surface area contributed by atoms with Gasteiger partial charge in [0.25, 0.3) is 5.91 Å². The van der Waals surface area contributed by atoms with E-state index in [4.69, 9.17) is 0 Å². The van der Waals surface area contributed by atoms with Gasteiger partial charge in [0, 0.05) is 37.8 Å². The molecule has 3 heterocycles. The highest BCUT2D eigenvalue weighted by atomic mass is 32.1. The van der Waals surface area contributed by atoms with E-state index in [9.17, 15) is 4.79 Å². The fourth-order valence-corrected chi connectivity index (χ4v) is 3.71. The van der Waals surface area contributed by atoms with Crippen LogP contribution < -0.4 is 4.90 Å². The topological polar surface area (TPSA) is 62.2 Å². The Balaban J connectivity index is 1.52. The van der Waals surface area contributed by atoms with E-state index < -0.39 is 0 Å². The van der Waals surface area contributed by atoms with E-state index in [0.29, 0.717) is 13.1 Å². The smallest absolute Gasteiger partial charge is 0.254 e. The Bertz CT molecular complexity index is 880. The Morgan fingerprint density at radius 2 is 1.88 bits per heavy atom. The SMILES string of the molecule is Cc1nnc(N2CCN(C(=O)c3ccnc4ccccc34)CC2)s1. The molecule has 1 aromatic carbocycles. The first kappa shape index (κ1) is 15.0. The van der Waals surface area contributed by atoms with Gasteiger partial charge < -0.3 is 9.80 Å². The minimum absolute atomic E-state index is 0.0710. The molecule has 122 valence electrons. The number of carbonyl (C=O) groups is 1. The summed E-state index contributed by atoms with van der Waals surface area (Å²) in [5.41, 5.74) is 1.58. The van der Waals surface area contributed by atoms with E-state index in [2.05, 4.69) is 20.1 Å². The molecule has 0 bridgehead atoms. The molecule has 3 aromatic rings. The van der Waals surface area contributed by atoms with Crippen molar-refractivity contribution in [2.75, 3.05) is 31.1 Å². The molecule has 0 spiro atoms. The van der Waals surface area contributed by atoms with Gasteiger partial charge in [0.05, 0.1) is 11.1 Å². The molecule has 0 atom stereocenters. The number of hydrogen-bond donors (Lipinski definition) is 0. The highest BCUT2D eigenvalue weighted by Crippen LogP contribution is 2.22. The van der Waals surface area contributed by atoms with E-state index >= 15 is 0 Å². The minimum atomic E-state index is 0.0710. The van der Waals surface area contributed by atoms with E-state index in [1.165, 1.54) is 0 Å². The van der Waals surface area contributed by atoms with Crippen LogP contribution in [-0.2, 0) is 0 Å². The molecule has 0 saturated carbocycles. The van der Waals surface area contributed by atoms with Crippen molar-refractivity contribution in [3.63, 3.8) is 0 Å². The Hall–Kier alpha value is -2.54. The maximum absolute atomic E-state index is 12.9. The van der Waals surface area contributed by atoms with E-state index in [1.807, 2.05) is 42.2 Å². The fraction of sp³-hybridized carbons (Fsp3) is 0.294. The molecule has 1 fully saturated rings. The number of aromatic nitrogens is 3. The molecule has 4 rings (SSSR count). The Morgan fingerprint density at radius 3 is 2.62 bits per heavy atom. The third-order valence-corrected chi connectivity index (χ3v) is 5.13. The molecule has 0 N–H and O–H groups in total. The number of rotatable bonds is 2. The minimum Gasteiger partial charge on any atom is -0.343 e. The molecule has 6 nitrogen and oxygen atoms in total. The van der Waals surface area contributed by atoms with Crippen molar-refractivity contribution in [1.82, 2.24) is 20.1 Å². The van der Waals surface area contributed by atoms with Gasteiger partial charge in [-0.2, -0.15) is 0 Å². The summed E-state index contributed by atoms with van der Waals surface area (Å²) in [6, 6.07) is 9.58. The molecule has 0 radical (unpaired) electrons. The number of benzene rings is 1. The van der Waals surface area contributed by atoms with Crippen LogP contribution in [0.15, 0.2) is 36.5 Å². The standard InChI is InChI=1S/C17H17N5OS/c1-12-19-20-17(24-12)22-10-8-21(9-11-22)16(23)14-6-7-18-15-5-3-2-4-13(14)15/h2-7H,8-11H2,1H3. The van der Waals surface area contributed by atoms with Crippen LogP contribution in [0.1, 0.15) is 15.4 Å². The summed E-state index contributed by atoms with van der Waals surface area (Å²) in [6.45, 7) is 4.89. The molecule has 0 unspecified atom stereocenters. The lowest BCUT2D eigenvalue weighted by Crippen LogP contribution is -2.48. The van der Waals surface area contributed by atoms with Crippen molar-refractivity contribution in [3.8, 4) is 0 Å². The number of carbonyl (C=O) groups excluding carboxylic acids is 1. The van der Waals surface area contributed by atoms with Crippen LogP contribution in [0.25, 0.3) is 10.9 Å². The molecule has 1 aliphatic heterocycles. The number of fused-ring (bicyclic) bond motifs is 1. The van der Waals surface area contributed by atoms with Crippen LogP contribution in [0.4, 0.5) is 5.13 Å². The van der Waals surface area contributed by atoms with Crippen LogP contribution in [-0.4, -0.2) is 52.2 Å². The third kappa shape index (κ3) is 2.71. The van der Waals surface area contributed by atoms with Gasteiger partial charge in [-0.25, -0.2) is 0 Å². The average molecular weight is 339 g/mol. The van der Waals surface area contributed by atoms with Crippen LogP contribution in [0.3, 0.4) is 0 Å². The molecule has 24 heavy (non-hydrogen) atoms. The first-order chi connectivity index (χ1) is 11.7. The molecule has 7 heteroatoms. The summed E-state index contributed by atoms with van der Waals surface area (Å²) in [5, 5.41) is 11.1. The van der Waals surface area contributed by atoms with Gasteiger partial charge in [0.1, 0.15) is 5.01 Å². The summed E-state index contributed by atoms with van der Waals surface area (Å²) in [4.78, 5) is 21.3. The number of amides is 1. The number of aryl methyl sites for hydroxylation is 1. The molecular weight excluding hydrogens is 322 g/mol. The van der Waals surface area contributed by atoms with Crippen molar-refractivity contribution in [3.05, 3.63) is 47.1 Å². The zero-order chi connectivity index (χ0) is 16.5. The van der Waals surface area contributed by atoms with Gasteiger partial charge in [-0.1, -0.05) is 29.5 Å². The summed E-state index contributed by atoms with van der Waals surface area (Å²) < 4.78 is 0. The van der Waals surface area contributed by atoms with Crippen LogP contribution in [0.2, 0.25) is 0 Å². The summed E-state index contributed by atoms with van der Waals surface area (Å²) in [6.07, 6.45) is 1.70. The number of nitrogens with zero attached hydrogens (tertiary/aromatic N) is 5. The molecule has 1 aliphatic rings. The number of piperazine rings is 1. The summed E-state index contributed by atoms with van der Waals surface area (Å²) in [7, 11) is 0. The Kier molecular flexibility index (Phi) is 3.86. The van der Waals surface area contributed by atoms with E-state index in [1.54, 1.807) is 17.5 Å². The van der Waals surface area contributed by atoms with Crippen LogP contribution in [0, 0.1) is 6.92 Å². The first-order valence-electron chi connectivity index (χ1n) is 7.90. The lowest BCUT2D eigenvalue weighted by atomic mass is 10.1. The zero-order valence-corrected chi connectivity index (χ0v) is 14.2. The number of anilines is 1. The fourth-order valence-electron chi connectivity index (χ4n) is 2.97. The Labute approximate surface area is 143 Å². The highest BCUT2D eigenvalue weighted by Gasteiger charge is 2.24. The van der Waals surface area contributed by atoms with Crippen LogP contribution >= 0.6 is 11.3 Å². The van der Waals surface area contributed by atoms with Crippen molar-refractivity contribution >= 4 is 33.3 Å². The second-order valence-electron chi connectivity index (χ2n) is 5.76. The van der Waals surface area contributed by atoms with Gasteiger partial charge in [0.2, 0.25) is 5.13 Å². The largest absolute Gasteiger partial charge is 0.343 e. The number of hydrogen-bond acceptors (Lipinski definition) is 6. The average Bonchev–Trinajstić information content (AvgIpc) is 3.07.